The lowest BCUT2D eigenvalue weighted by Crippen LogP contribution is -2.39. The van der Waals surface area contributed by atoms with Crippen LogP contribution in [0.4, 0.5) is 0 Å². The number of benzene rings is 2. The molecule has 0 aliphatic carbocycles. The molecular weight excluding hydrogens is 500 g/mol. The van der Waals surface area contributed by atoms with Gasteiger partial charge in [-0.15, -0.1) is 0 Å². The van der Waals surface area contributed by atoms with Gasteiger partial charge in [-0.25, -0.2) is 0 Å². The van der Waals surface area contributed by atoms with Crippen molar-refractivity contribution in [1.82, 2.24) is 9.80 Å². The molecule has 0 saturated carbocycles. The van der Waals surface area contributed by atoms with Crippen LogP contribution < -0.4 is 14.2 Å². The summed E-state index contributed by atoms with van der Waals surface area (Å²) in [6.45, 7) is 6.87. The van der Waals surface area contributed by atoms with E-state index in [9.17, 15) is 14.7 Å². The summed E-state index contributed by atoms with van der Waals surface area (Å²) in [4.78, 5) is 30.6. The fraction of sp³-hybridized carbons (Fsp3) is 0.467. The normalized spacial score (nSPS) is 19.4. The number of amides is 1. The van der Waals surface area contributed by atoms with Crippen molar-refractivity contribution < 1.29 is 33.6 Å². The Kier molecular flexibility index (Phi) is 9.84. The van der Waals surface area contributed by atoms with Crippen LogP contribution in [0.15, 0.2) is 48.0 Å². The Morgan fingerprint density at radius 2 is 1.72 bits per heavy atom. The summed E-state index contributed by atoms with van der Waals surface area (Å²) in [7, 11) is 3.11. The van der Waals surface area contributed by atoms with Crippen molar-refractivity contribution >= 4 is 17.4 Å². The number of unbranched alkanes of at least 4 members (excludes halogenated alkanes) is 1. The molecule has 1 atom stereocenters. The van der Waals surface area contributed by atoms with E-state index in [-0.39, 0.29) is 11.3 Å². The lowest BCUT2D eigenvalue weighted by Gasteiger charge is -2.29. The van der Waals surface area contributed by atoms with Crippen molar-refractivity contribution in [3.05, 3.63) is 59.2 Å². The van der Waals surface area contributed by atoms with E-state index < -0.39 is 17.7 Å². The molecule has 4 rings (SSSR count). The van der Waals surface area contributed by atoms with Crippen molar-refractivity contribution in [2.45, 2.75) is 32.2 Å². The first-order valence-corrected chi connectivity index (χ1v) is 13.5. The highest BCUT2D eigenvalue weighted by Crippen LogP contribution is 2.42. The molecular formula is C30H38N2O7. The monoisotopic (exact) mass is 538 g/mol. The van der Waals surface area contributed by atoms with Gasteiger partial charge in [0.25, 0.3) is 11.7 Å². The Morgan fingerprint density at radius 3 is 2.38 bits per heavy atom. The van der Waals surface area contributed by atoms with Gasteiger partial charge in [0, 0.05) is 31.7 Å². The summed E-state index contributed by atoms with van der Waals surface area (Å²) in [5.41, 5.74) is 1.15. The lowest BCUT2D eigenvalue weighted by atomic mass is 9.95. The van der Waals surface area contributed by atoms with E-state index >= 15 is 0 Å². The Hall–Kier alpha value is -3.56. The summed E-state index contributed by atoms with van der Waals surface area (Å²) < 4.78 is 22.2. The Labute approximate surface area is 229 Å². The van der Waals surface area contributed by atoms with Gasteiger partial charge in [0.15, 0.2) is 11.5 Å². The molecule has 0 radical (unpaired) electrons. The molecule has 1 amide bonds. The minimum atomic E-state index is -0.768. The van der Waals surface area contributed by atoms with Gasteiger partial charge in [0.1, 0.15) is 11.5 Å². The molecule has 9 nitrogen and oxygen atoms in total. The van der Waals surface area contributed by atoms with Crippen LogP contribution in [-0.4, -0.2) is 86.8 Å². The lowest BCUT2D eigenvalue weighted by molar-refractivity contribution is -0.140. The number of likely N-dealkylation sites (tertiary alicyclic amines) is 1. The fourth-order valence-electron chi connectivity index (χ4n) is 4.95. The van der Waals surface area contributed by atoms with Gasteiger partial charge in [-0.2, -0.15) is 0 Å². The smallest absolute Gasteiger partial charge is 0.295 e. The van der Waals surface area contributed by atoms with Crippen molar-refractivity contribution in [2.24, 2.45) is 0 Å². The Balaban J connectivity index is 1.69. The zero-order valence-electron chi connectivity index (χ0n) is 23.0. The van der Waals surface area contributed by atoms with E-state index in [1.807, 2.05) is 6.07 Å². The molecule has 2 aromatic carbocycles. The summed E-state index contributed by atoms with van der Waals surface area (Å²) in [5, 5.41) is 11.3. The zero-order valence-corrected chi connectivity index (χ0v) is 23.0. The van der Waals surface area contributed by atoms with E-state index in [1.165, 1.54) is 0 Å². The molecule has 2 fully saturated rings. The zero-order chi connectivity index (χ0) is 27.8. The quantitative estimate of drug-likeness (QED) is 0.187. The highest BCUT2D eigenvalue weighted by molar-refractivity contribution is 6.46. The van der Waals surface area contributed by atoms with Crippen LogP contribution in [-0.2, 0) is 14.3 Å². The first-order chi connectivity index (χ1) is 19.0. The first-order valence-electron chi connectivity index (χ1n) is 13.5. The van der Waals surface area contributed by atoms with Gasteiger partial charge in [0.05, 0.1) is 45.7 Å². The van der Waals surface area contributed by atoms with Crippen molar-refractivity contribution in [3.63, 3.8) is 0 Å². The third-order valence-corrected chi connectivity index (χ3v) is 7.14. The van der Waals surface area contributed by atoms with E-state index in [0.717, 1.165) is 32.5 Å². The van der Waals surface area contributed by atoms with Crippen LogP contribution in [0.25, 0.3) is 5.76 Å². The van der Waals surface area contributed by atoms with E-state index in [2.05, 4.69) is 11.8 Å². The van der Waals surface area contributed by atoms with Crippen LogP contribution >= 0.6 is 0 Å². The molecule has 2 aromatic rings. The van der Waals surface area contributed by atoms with Gasteiger partial charge < -0.3 is 29.0 Å². The van der Waals surface area contributed by atoms with E-state index in [1.54, 1.807) is 55.5 Å². The number of ketones is 1. The number of carbonyl (C=O) groups excluding carboxylic acids is 2. The number of ether oxygens (including phenoxy) is 4. The van der Waals surface area contributed by atoms with Gasteiger partial charge >= 0.3 is 0 Å². The van der Waals surface area contributed by atoms with Crippen LogP contribution in [0, 0.1) is 0 Å². The van der Waals surface area contributed by atoms with E-state index in [0.29, 0.717) is 61.2 Å². The largest absolute Gasteiger partial charge is 0.507 e. The van der Waals surface area contributed by atoms with Crippen LogP contribution in [0.1, 0.15) is 43.4 Å². The van der Waals surface area contributed by atoms with Crippen LogP contribution in [0.3, 0.4) is 0 Å². The molecule has 210 valence electrons. The summed E-state index contributed by atoms with van der Waals surface area (Å²) in [6, 6.07) is 11.4. The Bertz CT molecular complexity index is 1170. The maximum Gasteiger partial charge on any atom is 0.295 e. The number of hydrogen-bond donors (Lipinski definition) is 1. The molecule has 2 aliphatic heterocycles. The van der Waals surface area contributed by atoms with Crippen molar-refractivity contribution in [3.8, 4) is 17.2 Å². The predicted octanol–water partition coefficient (Wildman–Crippen LogP) is 4.03. The number of carbonyl (C=O) groups is 2. The number of hydrogen-bond acceptors (Lipinski definition) is 8. The number of aliphatic hydroxyl groups excluding tert-OH is 1. The number of morpholine rings is 1. The average molecular weight is 539 g/mol. The predicted molar refractivity (Wildman–Crippen MR) is 147 cm³/mol. The molecule has 0 spiro atoms. The third kappa shape index (κ3) is 6.54. The summed E-state index contributed by atoms with van der Waals surface area (Å²) in [6.07, 6.45) is 2.60. The third-order valence-electron chi connectivity index (χ3n) is 7.14. The Morgan fingerprint density at radius 1 is 0.974 bits per heavy atom. The fourth-order valence-corrected chi connectivity index (χ4v) is 4.95. The average Bonchev–Trinajstić information content (AvgIpc) is 3.22. The topological polar surface area (TPSA) is 97.8 Å². The molecule has 0 bridgehead atoms. The molecule has 39 heavy (non-hydrogen) atoms. The second kappa shape index (κ2) is 13.5. The molecule has 2 aliphatic rings. The highest BCUT2D eigenvalue weighted by atomic mass is 16.5. The summed E-state index contributed by atoms with van der Waals surface area (Å²) in [5.74, 6) is 0.163. The first kappa shape index (κ1) is 28.4. The van der Waals surface area contributed by atoms with Gasteiger partial charge in [0.2, 0.25) is 0 Å². The molecule has 1 unspecified atom stereocenters. The SMILES string of the molecule is CCCCOc1ccc(C2C(=C(O)c3ccc(OC)cc3)C(=O)C(=O)N2CCCN2CCOCC2)cc1OC. The van der Waals surface area contributed by atoms with Gasteiger partial charge in [-0.05, 0) is 54.8 Å². The number of aliphatic hydroxyl groups is 1. The number of Topliss-reactive ketones (excluding diaryl/α,β-unsaturated/α-hetero) is 1. The van der Waals surface area contributed by atoms with Gasteiger partial charge in [-0.3, -0.25) is 14.5 Å². The van der Waals surface area contributed by atoms with E-state index in [4.69, 9.17) is 18.9 Å². The molecule has 0 aromatic heterocycles. The van der Waals surface area contributed by atoms with Crippen molar-refractivity contribution in [1.29, 1.82) is 0 Å². The van der Waals surface area contributed by atoms with Crippen molar-refractivity contribution in [2.75, 3.05) is 60.2 Å². The number of methoxy groups -OCH3 is 2. The highest BCUT2D eigenvalue weighted by Gasteiger charge is 2.46. The summed E-state index contributed by atoms with van der Waals surface area (Å²) >= 11 is 0. The molecule has 2 heterocycles. The maximum absolute atomic E-state index is 13.4. The molecule has 2 saturated heterocycles. The van der Waals surface area contributed by atoms with Crippen LogP contribution in [0.5, 0.6) is 17.2 Å². The maximum atomic E-state index is 13.4. The minimum absolute atomic E-state index is 0.0539. The second-order valence-corrected chi connectivity index (χ2v) is 9.64. The molecule has 9 heteroatoms. The number of rotatable bonds is 12. The second-order valence-electron chi connectivity index (χ2n) is 9.64. The van der Waals surface area contributed by atoms with Gasteiger partial charge in [-0.1, -0.05) is 19.4 Å². The molecule has 1 N–H and O–H groups in total. The standard InChI is InChI=1S/C30H38N2O7/c1-4-5-17-39-24-12-9-22(20-25(24)37-3)27-26(28(33)21-7-10-23(36-2)11-8-21)29(34)30(35)32(27)14-6-13-31-15-18-38-19-16-31/h7-12,20,27,33H,4-6,13-19H2,1-3H3. The van der Waals surface area contributed by atoms with Crippen LogP contribution in [0.2, 0.25) is 0 Å². The number of nitrogens with zero attached hydrogens (tertiary/aromatic N) is 2. The minimum Gasteiger partial charge on any atom is -0.507 e.